The number of anilines is 1. The monoisotopic (exact) mass is 395 g/mol. The number of nitrogens with one attached hydrogen (secondary N) is 1. The van der Waals surface area contributed by atoms with E-state index in [0.717, 1.165) is 29.1 Å². The third-order valence-electron chi connectivity index (χ3n) is 5.75. The molecule has 0 bridgehead atoms. The zero-order chi connectivity index (χ0) is 21.5. The minimum Gasteiger partial charge on any atom is -0.358 e. The second-order valence-electron chi connectivity index (χ2n) is 8.47. The van der Waals surface area contributed by atoms with E-state index in [4.69, 9.17) is 0 Å². The van der Waals surface area contributed by atoms with Gasteiger partial charge in [-0.1, -0.05) is 42.5 Å². The summed E-state index contributed by atoms with van der Waals surface area (Å²) in [5.74, 6) is 0. The first-order chi connectivity index (χ1) is 14.3. The molecule has 30 heavy (non-hydrogen) atoms. The lowest BCUT2D eigenvalue weighted by Crippen LogP contribution is -2.44. The number of hydrogen-bond donors (Lipinski definition) is 1. The van der Waals surface area contributed by atoms with E-state index in [1.165, 1.54) is 11.1 Å². The van der Waals surface area contributed by atoms with Crippen LogP contribution < -0.4 is 10.5 Å². The molecule has 0 saturated carbocycles. The number of benzene rings is 2. The predicted octanol–water partition coefficient (Wildman–Crippen LogP) is 5.42. The molecule has 1 aliphatic heterocycles. The molecular formula is C26H25N3O. The van der Waals surface area contributed by atoms with Gasteiger partial charge in [0.2, 0.25) is 0 Å². The Hall–Kier alpha value is -3.58. The summed E-state index contributed by atoms with van der Waals surface area (Å²) in [6.45, 7) is 9.21. The molecule has 2 aromatic carbocycles. The summed E-state index contributed by atoms with van der Waals surface area (Å²) in [4.78, 5) is 17.4. The zero-order valence-electron chi connectivity index (χ0n) is 17.8. The van der Waals surface area contributed by atoms with Crippen molar-refractivity contribution in [1.82, 2.24) is 4.98 Å². The van der Waals surface area contributed by atoms with Crippen LogP contribution in [0.5, 0.6) is 0 Å². The molecule has 0 unspecified atom stereocenters. The van der Waals surface area contributed by atoms with Gasteiger partial charge in [0.15, 0.2) is 0 Å². The van der Waals surface area contributed by atoms with E-state index in [9.17, 15) is 10.1 Å². The van der Waals surface area contributed by atoms with Crippen LogP contribution in [0, 0.1) is 18.3 Å². The first-order valence-electron chi connectivity index (χ1n) is 10.1. The molecular weight excluding hydrogens is 370 g/mol. The van der Waals surface area contributed by atoms with Crippen molar-refractivity contribution in [1.29, 1.82) is 5.26 Å². The lowest BCUT2D eigenvalue weighted by atomic mass is 9.86. The number of aryl methyl sites for hydroxylation is 1. The van der Waals surface area contributed by atoms with E-state index in [-0.39, 0.29) is 16.7 Å². The predicted molar refractivity (Wildman–Crippen MR) is 122 cm³/mol. The molecule has 4 heteroatoms. The van der Waals surface area contributed by atoms with Crippen molar-refractivity contribution >= 4 is 11.3 Å². The van der Waals surface area contributed by atoms with Crippen molar-refractivity contribution in [3.05, 3.63) is 93.4 Å². The van der Waals surface area contributed by atoms with Gasteiger partial charge in [-0.05, 0) is 62.6 Å². The molecule has 0 radical (unpaired) electrons. The summed E-state index contributed by atoms with van der Waals surface area (Å²) in [6.07, 6.45) is 2.29. The maximum absolute atomic E-state index is 12.3. The fourth-order valence-electron chi connectivity index (χ4n) is 4.33. The van der Waals surface area contributed by atoms with Crippen LogP contribution in [-0.2, 0) is 6.54 Å². The minimum atomic E-state index is -0.343. The largest absolute Gasteiger partial charge is 0.358 e. The van der Waals surface area contributed by atoms with Crippen molar-refractivity contribution in [3.8, 4) is 17.2 Å². The normalized spacial score (nSPS) is 14.6. The Morgan fingerprint density at radius 2 is 1.77 bits per heavy atom. The van der Waals surface area contributed by atoms with E-state index in [1.807, 2.05) is 25.1 Å². The number of nitrogens with zero attached hydrogens (tertiary/aromatic N) is 2. The van der Waals surface area contributed by atoms with E-state index in [0.29, 0.717) is 5.56 Å². The third kappa shape index (κ3) is 3.44. The van der Waals surface area contributed by atoms with Gasteiger partial charge in [0, 0.05) is 29.1 Å². The van der Waals surface area contributed by atoms with Gasteiger partial charge in [0.1, 0.15) is 11.6 Å². The highest BCUT2D eigenvalue weighted by atomic mass is 16.1. The third-order valence-corrected chi connectivity index (χ3v) is 5.75. The van der Waals surface area contributed by atoms with Crippen LogP contribution in [0.2, 0.25) is 0 Å². The van der Waals surface area contributed by atoms with Crippen molar-refractivity contribution in [2.75, 3.05) is 4.90 Å². The number of pyridine rings is 1. The molecule has 0 amide bonds. The minimum absolute atomic E-state index is 0.132. The molecule has 0 fully saturated rings. The van der Waals surface area contributed by atoms with Crippen molar-refractivity contribution < 1.29 is 0 Å². The van der Waals surface area contributed by atoms with Crippen molar-refractivity contribution in [3.63, 3.8) is 0 Å². The Morgan fingerprint density at radius 1 is 1.03 bits per heavy atom. The molecule has 0 spiro atoms. The number of rotatable bonds is 3. The Kier molecular flexibility index (Phi) is 4.83. The molecule has 4 rings (SSSR count). The van der Waals surface area contributed by atoms with Crippen LogP contribution in [0.1, 0.15) is 43.2 Å². The number of H-pyrrole nitrogens is 1. The Bertz CT molecular complexity index is 1240. The summed E-state index contributed by atoms with van der Waals surface area (Å²) in [6, 6.07) is 20.6. The van der Waals surface area contributed by atoms with Gasteiger partial charge in [-0.25, -0.2) is 0 Å². The van der Waals surface area contributed by atoms with Crippen LogP contribution in [0.15, 0.2) is 65.5 Å². The maximum atomic E-state index is 12.3. The average molecular weight is 396 g/mol. The fourth-order valence-corrected chi connectivity index (χ4v) is 4.33. The molecule has 1 aliphatic rings. The molecule has 4 nitrogen and oxygen atoms in total. The topological polar surface area (TPSA) is 59.9 Å². The summed E-state index contributed by atoms with van der Waals surface area (Å²) in [5.41, 5.74) is 6.71. The number of hydrogen-bond acceptors (Lipinski definition) is 3. The summed E-state index contributed by atoms with van der Waals surface area (Å²) < 4.78 is 0. The number of allylic oxidation sites excluding steroid dienone is 1. The Morgan fingerprint density at radius 3 is 2.47 bits per heavy atom. The number of fused-ring (bicyclic) bond motifs is 1. The molecule has 0 aliphatic carbocycles. The quantitative estimate of drug-likeness (QED) is 0.644. The van der Waals surface area contributed by atoms with Crippen LogP contribution >= 0.6 is 0 Å². The van der Waals surface area contributed by atoms with Crippen LogP contribution in [0.3, 0.4) is 0 Å². The number of nitriles is 1. The van der Waals surface area contributed by atoms with Crippen LogP contribution in [0.4, 0.5) is 5.69 Å². The highest BCUT2D eigenvalue weighted by Crippen LogP contribution is 2.41. The smallest absolute Gasteiger partial charge is 0.266 e. The Balaban J connectivity index is 1.85. The van der Waals surface area contributed by atoms with Gasteiger partial charge >= 0.3 is 0 Å². The molecule has 150 valence electrons. The van der Waals surface area contributed by atoms with Gasteiger partial charge in [-0.15, -0.1) is 0 Å². The summed E-state index contributed by atoms with van der Waals surface area (Å²) in [5, 5.41) is 9.53. The number of aromatic amines is 1. The lowest BCUT2D eigenvalue weighted by Gasteiger charge is -2.43. The highest BCUT2D eigenvalue weighted by molar-refractivity contribution is 5.85. The SMILES string of the molecule is CC1=CC(C)(C)N(Cc2ccccc2)c2ccc(-c3cc(C)[nH]c(=O)c3C#N)cc21. The Labute approximate surface area is 177 Å². The van der Waals surface area contributed by atoms with E-state index >= 15 is 0 Å². The summed E-state index contributed by atoms with van der Waals surface area (Å²) in [7, 11) is 0. The second kappa shape index (κ2) is 7.35. The van der Waals surface area contributed by atoms with Gasteiger partial charge in [0.05, 0.1) is 5.54 Å². The molecule has 0 atom stereocenters. The van der Waals surface area contributed by atoms with E-state index in [1.54, 1.807) is 0 Å². The maximum Gasteiger partial charge on any atom is 0.266 e. The second-order valence-corrected chi connectivity index (χ2v) is 8.47. The van der Waals surface area contributed by atoms with Crippen molar-refractivity contribution in [2.45, 2.75) is 39.8 Å². The van der Waals surface area contributed by atoms with Gasteiger partial charge < -0.3 is 9.88 Å². The summed E-state index contributed by atoms with van der Waals surface area (Å²) >= 11 is 0. The molecule has 0 saturated heterocycles. The van der Waals surface area contributed by atoms with E-state index < -0.39 is 0 Å². The molecule has 2 heterocycles. The lowest BCUT2D eigenvalue weighted by molar-refractivity contribution is 0.552. The zero-order valence-corrected chi connectivity index (χ0v) is 17.8. The van der Waals surface area contributed by atoms with Gasteiger partial charge in [-0.3, -0.25) is 4.79 Å². The molecule has 1 N–H and O–H groups in total. The van der Waals surface area contributed by atoms with Crippen LogP contribution in [-0.4, -0.2) is 10.5 Å². The standard InChI is InChI=1S/C26H25N3O/c1-17-14-26(3,4)29(16-19-8-6-5-7-9-19)24-11-10-20(13-21(17)24)22-12-18(2)28-25(30)23(22)15-27/h5-14H,16H2,1-4H3,(H,28,30). The van der Waals surface area contributed by atoms with Crippen LogP contribution in [0.25, 0.3) is 16.7 Å². The average Bonchev–Trinajstić information content (AvgIpc) is 2.71. The molecule has 3 aromatic rings. The number of aromatic nitrogens is 1. The van der Waals surface area contributed by atoms with Gasteiger partial charge in [0.25, 0.3) is 5.56 Å². The molecule has 1 aromatic heterocycles. The fraction of sp³-hybridized carbons (Fsp3) is 0.231. The first-order valence-corrected chi connectivity index (χ1v) is 10.1. The van der Waals surface area contributed by atoms with Gasteiger partial charge in [-0.2, -0.15) is 5.26 Å². The first kappa shape index (κ1) is 19.7. The van der Waals surface area contributed by atoms with E-state index in [2.05, 4.69) is 79.2 Å². The highest BCUT2D eigenvalue weighted by Gasteiger charge is 2.31. The van der Waals surface area contributed by atoms with Crippen molar-refractivity contribution in [2.24, 2.45) is 0 Å².